The molecule has 0 heterocycles. The van der Waals surface area contributed by atoms with Gasteiger partial charge in [0.1, 0.15) is 23.9 Å². The maximum absolute atomic E-state index is 12.9. The van der Waals surface area contributed by atoms with Crippen LogP contribution in [-0.4, -0.2) is 12.2 Å². The fourth-order valence-electron chi connectivity index (χ4n) is 2.49. The largest absolute Gasteiger partial charge is 0.519 e. The van der Waals surface area contributed by atoms with E-state index in [4.69, 9.17) is 19.9 Å². The van der Waals surface area contributed by atoms with Crippen molar-refractivity contribution in [3.05, 3.63) is 59.4 Å². The normalized spacial score (nSPS) is 10.9. The standard InChI is InChI=1S/C19H20FNO5/c1-19(2,3)16-12(11-24-17(21)22)5-4-6-15(16)26-18(23)25-14-9-7-13(20)8-10-14/h4-10H,11H2,1-3H3,(H2,21,22). The van der Waals surface area contributed by atoms with E-state index in [1.54, 1.807) is 18.2 Å². The average Bonchev–Trinajstić information content (AvgIpc) is 2.54. The van der Waals surface area contributed by atoms with E-state index in [1.807, 2.05) is 20.8 Å². The van der Waals surface area contributed by atoms with Crippen LogP contribution in [-0.2, 0) is 16.8 Å². The predicted octanol–water partition coefficient (Wildman–Crippen LogP) is 4.30. The molecule has 2 rings (SSSR count). The maximum Gasteiger partial charge on any atom is 0.519 e. The van der Waals surface area contributed by atoms with Crippen molar-refractivity contribution >= 4 is 12.2 Å². The molecule has 6 nitrogen and oxygen atoms in total. The third-order valence-electron chi connectivity index (χ3n) is 3.44. The van der Waals surface area contributed by atoms with Crippen LogP contribution in [0.4, 0.5) is 14.0 Å². The lowest BCUT2D eigenvalue weighted by atomic mass is 9.83. The number of benzene rings is 2. The lowest BCUT2D eigenvalue weighted by Crippen LogP contribution is -2.21. The van der Waals surface area contributed by atoms with E-state index in [0.717, 1.165) is 0 Å². The van der Waals surface area contributed by atoms with Crippen LogP contribution < -0.4 is 15.2 Å². The summed E-state index contributed by atoms with van der Waals surface area (Å²) in [7, 11) is 0. The Hall–Kier alpha value is -3.09. The third kappa shape index (κ3) is 5.20. The number of carbonyl (C=O) groups excluding carboxylic acids is 2. The highest BCUT2D eigenvalue weighted by molar-refractivity contribution is 5.68. The molecule has 7 heteroatoms. The number of primary amides is 1. The second kappa shape index (κ2) is 7.86. The second-order valence-corrected chi connectivity index (χ2v) is 6.56. The number of nitrogens with two attached hydrogens (primary N) is 1. The first-order valence-corrected chi connectivity index (χ1v) is 7.86. The van der Waals surface area contributed by atoms with Crippen LogP contribution in [0, 0.1) is 5.82 Å². The summed E-state index contributed by atoms with van der Waals surface area (Å²) in [6.45, 7) is 5.73. The Balaban J connectivity index is 2.24. The number of ether oxygens (including phenoxy) is 3. The van der Waals surface area contributed by atoms with Gasteiger partial charge >= 0.3 is 12.2 Å². The molecule has 26 heavy (non-hydrogen) atoms. The molecule has 138 valence electrons. The van der Waals surface area contributed by atoms with E-state index in [9.17, 15) is 14.0 Å². The van der Waals surface area contributed by atoms with Crippen molar-refractivity contribution in [3.8, 4) is 11.5 Å². The van der Waals surface area contributed by atoms with Gasteiger partial charge in [-0.3, -0.25) is 0 Å². The minimum Gasteiger partial charge on any atom is -0.445 e. The first-order chi connectivity index (χ1) is 12.2. The molecule has 2 aromatic carbocycles. The molecule has 0 bridgehead atoms. The van der Waals surface area contributed by atoms with Crippen molar-refractivity contribution in [2.24, 2.45) is 5.73 Å². The minimum atomic E-state index is -0.963. The average molecular weight is 361 g/mol. The zero-order valence-electron chi connectivity index (χ0n) is 14.7. The molecule has 0 aliphatic heterocycles. The van der Waals surface area contributed by atoms with Crippen molar-refractivity contribution in [3.63, 3.8) is 0 Å². The van der Waals surface area contributed by atoms with Crippen molar-refractivity contribution in [1.82, 2.24) is 0 Å². The highest BCUT2D eigenvalue weighted by atomic mass is 19.1. The summed E-state index contributed by atoms with van der Waals surface area (Å²) in [6, 6.07) is 10.0. The molecule has 0 fully saturated rings. The van der Waals surface area contributed by atoms with Crippen LogP contribution in [0.1, 0.15) is 31.9 Å². The monoisotopic (exact) mass is 361 g/mol. The molecule has 0 spiro atoms. The SMILES string of the molecule is CC(C)(C)c1c(COC(N)=O)cccc1OC(=O)Oc1ccc(F)cc1. The van der Waals surface area contributed by atoms with Crippen molar-refractivity contribution in [1.29, 1.82) is 0 Å². The first-order valence-electron chi connectivity index (χ1n) is 7.86. The fourth-order valence-corrected chi connectivity index (χ4v) is 2.49. The molecule has 0 saturated carbocycles. The van der Waals surface area contributed by atoms with E-state index in [0.29, 0.717) is 11.1 Å². The predicted molar refractivity (Wildman–Crippen MR) is 92.6 cm³/mol. The van der Waals surface area contributed by atoms with Gasteiger partial charge in [-0.25, -0.2) is 14.0 Å². The van der Waals surface area contributed by atoms with Crippen LogP contribution in [0.15, 0.2) is 42.5 Å². The molecule has 0 atom stereocenters. The van der Waals surface area contributed by atoms with Gasteiger partial charge in [0.15, 0.2) is 0 Å². The van der Waals surface area contributed by atoms with E-state index in [2.05, 4.69) is 0 Å². The molecule has 0 radical (unpaired) electrons. The highest BCUT2D eigenvalue weighted by Crippen LogP contribution is 2.35. The Labute approximate surface area is 150 Å². The van der Waals surface area contributed by atoms with Gasteiger partial charge < -0.3 is 19.9 Å². The van der Waals surface area contributed by atoms with Crippen LogP contribution in [0.3, 0.4) is 0 Å². The molecule has 0 aliphatic rings. The lowest BCUT2D eigenvalue weighted by Gasteiger charge is -2.25. The van der Waals surface area contributed by atoms with Gasteiger partial charge in [-0.1, -0.05) is 32.9 Å². The van der Waals surface area contributed by atoms with Crippen molar-refractivity contribution in [2.45, 2.75) is 32.8 Å². The summed E-state index contributed by atoms with van der Waals surface area (Å²) in [5, 5.41) is 0. The molecule has 0 aromatic heterocycles. The van der Waals surface area contributed by atoms with Crippen LogP contribution in [0.5, 0.6) is 11.5 Å². The number of hydrogen-bond acceptors (Lipinski definition) is 5. The van der Waals surface area contributed by atoms with Crippen LogP contribution in [0.2, 0.25) is 0 Å². The second-order valence-electron chi connectivity index (χ2n) is 6.56. The Morgan fingerprint density at radius 1 is 1.04 bits per heavy atom. The smallest absolute Gasteiger partial charge is 0.445 e. The van der Waals surface area contributed by atoms with Gasteiger partial charge in [0.05, 0.1) is 0 Å². The van der Waals surface area contributed by atoms with E-state index >= 15 is 0 Å². The first kappa shape index (κ1) is 19.2. The molecular weight excluding hydrogens is 341 g/mol. The molecule has 2 aromatic rings. The summed E-state index contributed by atoms with van der Waals surface area (Å²) in [5.41, 5.74) is 5.94. The topological polar surface area (TPSA) is 87.9 Å². The van der Waals surface area contributed by atoms with Gasteiger partial charge in [-0.15, -0.1) is 0 Å². The molecule has 0 aliphatic carbocycles. The quantitative estimate of drug-likeness (QED) is 0.648. The maximum atomic E-state index is 12.9. The van der Waals surface area contributed by atoms with E-state index in [-0.39, 0.29) is 18.1 Å². The van der Waals surface area contributed by atoms with Crippen molar-refractivity contribution < 1.29 is 28.2 Å². The minimum absolute atomic E-state index is 0.0495. The van der Waals surface area contributed by atoms with Crippen molar-refractivity contribution in [2.75, 3.05) is 0 Å². The van der Waals surface area contributed by atoms with E-state index in [1.165, 1.54) is 24.3 Å². The van der Waals surface area contributed by atoms with Crippen LogP contribution in [0.25, 0.3) is 0 Å². The number of halogens is 1. The molecule has 0 saturated heterocycles. The summed E-state index contributed by atoms with van der Waals surface area (Å²) in [6.07, 6.45) is -1.86. The molecule has 1 amide bonds. The number of amides is 1. The van der Waals surface area contributed by atoms with Gasteiger partial charge in [0.2, 0.25) is 0 Å². The third-order valence-corrected chi connectivity index (χ3v) is 3.44. The fraction of sp³-hybridized carbons (Fsp3) is 0.263. The molecule has 0 unspecified atom stereocenters. The zero-order valence-corrected chi connectivity index (χ0v) is 14.7. The highest BCUT2D eigenvalue weighted by Gasteiger charge is 2.25. The Kier molecular flexibility index (Phi) is 5.82. The summed E-state index contributed by atoms with van der Waals surface area (Å²) < 4.78 is 28.1. The zero-order chi connectivity index (χ0) is 19.3. The van der Waals surface area contributed by atoms with Gasteiger partial charge in [0.25, 0.3) is 0 Å². The number of hydrogen-bond donors (Lipinski definition) is 1. The number of rotatable bonds is 4. The van der Waals surface area contributed by atoms with Gasteiger partial charge in [0, 0.05) is 5.56 Å². The lowest BCUT2D eigenvalue weighted by molar-refractivity contribution is 0.146. The molecule has 2 N–H and O–H groups in total. The Morgan fingerprint density at radius 2 is 1.69 bits per heavy atom. The van der Waals surface area contributed by atoms with Gasteiger partial charge in [-0.05, 0) is 41.3 Å². The van der Waals surface area contributed by atoms with Crippen LogP contribution >= 0.6 is 0 Å². The summed E-state index contributed by atoms with van der Waals surface area (Å²) in [5.74, 6) is -0.0139. The van der Waals surface area contributed by atoms with Gasteiger partial charge in [-0.2, -0.15) is 0 Å². The number of carbonyl (C=O) groups is 2. The summed E-state index contributed by atoms with van der Waals surface area (Å²) in [4.78, 5) is 23.0. The summed E-state index contributed by atoms with van der Waals surface area (Å²) >= 11 is 0. The van der Waals surface area contributed by atoms with E-state index < -0.39 is 23.5 Å². The molecular formula is C19H20FNO5. The Bertz CT molecular complexity index is 797. The Morgan fingerprint density at radius 3 is 2.27 bits per heavy atom.